The van der Waals surface area contributed by atoms with E-state index in [2.05, 4.69) is 4.98 Å². The van der Waals surface area contributed by atoms with E-state index in [1.807, 2.05) is 47.9 Å². The van der Waals surface area contributed by atoms with Gasteiger partial charge in [0.05, 0.1) is 6.61 Å². The molecule has 3 aromatic rings. The smallest absolute Gasteiger partial charge is 0.274 e. The monoisotopic (exact) mass is 315 g/mol. The number of rotatable bonds is 5. The number of aromatic nitrogens is 2. The zero-order chi connectivity index (χ0) is 15.5. The number of imidazole rings is 1. The Labute approximate surface area is 132 Å². The molecule has 0 radical (unpaired) electrons. The van der Waals surface area contributed by atoms with E-state index in [1.54, 1.807) is 22.4 Å². The van der Waals surface area contributed by atoms with Gasteiger partial charge in [-0.15, -0.1) is 11.3 Å². The third kappa shape index (κ3) is 3.03. The molecule has 1 aromatic carbocycles. The molecule has 0 bridgehead atoms. The van der Waals surface area contributed by atoms with E-state index >= 15 is 0 Å². The Hall–Kier alpha value is -2.18. The average Bonchev–Trinajstić information content (AvgIpc) is 3.04. The van der Waals surface area contributed by atoms with Gasteiger partial charge in [-0.25, -0.2) is 4.98 Å². The Bertz CT molecular complexity index is 748. The molecule has 0 aliphatic carbocycles. The van der Waals surface area contributed by atoms with Crippen LogP contribution in [0.25, 0.3) is 4.96 Å². The summed E-state index contributed by atoms with van der Waals surface area (Å²) in [4.78, 5) is 20.6. The van der Waals surface area contributed by atoms with Crippen LogP contribution in [0.3, 0.4) is 0 Å². The number of aliphatic hydroxyl groups excluding tert-OH is 1. The standard InChI is InChI=1S/C16H17N3O2S/c1-12-9-19-11-14(17-16(19)22-12)15(21)18(7-8-20)10-13-5-3-2-4-6-13/h2-6,9,11,20H,7-8,10H2,1H3. The lowest BCUT2D eigenvalue weighted by molar-refractivity contribution is 0.0702. The second-order valence-electron chi connectivity index (χ2n) is 5.09. The summed E-state index contributed by atoms with van der Waals surface area (Å²) in [6.45, 7) is 2.69. The highest BCUT2D eigenvalue weighted by Gasteiger charge is 2.19. The van der Waals surface area contributed by atoms with Gasteiger partial charge in [0.25, 0.3) is 5.91 Å². The summed E-state index contributed by atoms with van der Waals surface area (Å²) in [5.41, 5.74) is 1.44. The quantitative estimate of drug-likeness (QED) is 0.786. The fourth-order valence-electron chi connectivity index (χ4n) is 2.35. The molecule has 0 aliphatic heterocycles. The molecular formula is C16H17N3O2S. The lowest BCUT2D eigenvalue weighted by Gasteiger charge is -2.20. The van der Waals surface area contributed by atoms with Crippen LogP contribution in [0.5, 0.6) is 0 Å². The second-order valence-corrected chi connectivity index (χ2v) is 6.31. The normalized spacial score (nSPS) is 11.0. The molecule has 0 saturated heterocycles. The zero-order valence-electron chi connectivity index (χ0n) is 12.3. The van der Waals surface area contributed by atoms with E-state index < -0.39 is 0 Å². The summed E-state index contributed by atoms with van der Waals surface area (Å²) in [5.74, 6) is -0.161. The highest BCUT2D eigenvalue weighted by molar-refractivity contribution is 7.17. The van der Waals surface area contributed by atoms with Crippen molar-refractivity contribution in [2.24, 2.45) is 0 Å². The largest absolute Gasteiger partial charge is 0.395 e. The number of aryl methyl sites for hydroxylation is 1. The van der Waals surface area contributed by atoms with Gasteiger partial charge in [0, 0.05) is 30.4 Å². The average molecular weight is 315 g/mol. The van der Waals surface area contributed by atoms with Crippen LogP contribution < -0.4 is 0 Å². The first-order chi connectivity index (χ1) is 10.7. The minimum absolute atomic E-state index is 0.0695. The van der Waals surface area contributed by atoms with Gasteiger partial charge in [0.15, 0.2) is 4.96 Å². The van der Waals surface area contributed by atoms with Crippen molar-refractivity contribution in [3.63, 3.8) is 0 Å². The molecule has 114 valence electrons. The summed E-state index contributed by atoms with van der Waals surface area (Å²) in [5, 5.41) is 9.23. The molecule has 2 heterocycles. The van der Waals surface area contributed by atoms with E-state index in [4.69, 9.17) is 0 Å². The van der Waals surface area contributed by atoms with E-state index in [0.29, 0.717) is 12.2 Å². The highest BCUT2D eigenvalue weighted by Crippen LogP contribution is 2.18. The third-order valence-corrected chi connectivity index (χ3v) is 4.28. The first-order valence-corrected chi connectivity index (χ1v) is 7.88. The summed E-state index contributed by atoms with van der Waals surface area (Å²) in [6, 6.07) is 9.74. The number of carbonyl (C=O) groups is 1. The van der Waals surface area contributed by atoms with Gasteiger partial charge in [-0.1, -0.05) is 30.3 Å². The summed E-state index contributed by atoms with van der Waals surface area (Å²) >= 11 is 1.55. The van der Waals surface area contributed by atoms with E-state index in [-0.39, 0.29) is 19.1 Å². The first-order valence-electron chi connectivity index (χ1n) is 7.06. The fourth-order valence-corrected chi connectivity index (χ4v) is 3.16. The number of hydrogen-bond donors (Lipinski definition) is 1. The molecule has 22 heavy (non-hydrogen) atoms. The Kier molecular flexibility index (Phi) is 4.22. The molecule has 1 amide bonds. The molecule has 3 rings (SSSR count). The second kappa shape index (κ2) is 6.29. The lowest BCUT2D eigenvalue weighted by atomic mass is 10.2. The van der Waals surface area contributed by atoms with Crippen molar-refractivity contribution in [2.45, 2.75) is 13.5 Å². The molecule has 0 fully saturated rings. The van der Waals surface area contributed by atoms with Crippen molar-refractivity contribution < 1.29 is 9.90 Å². The number of benzene rings is 1. The first kappa shape index (κ1) is 14.7. The molecule has 2 aromatic heterocycles. The van der Waals surface area contributed by atoms with Gasteiger partial charge < -0.3 is 10.0 Å². The van der Waals surface area contributed by atoms with Crippen LogP contribution in [-0.2, 0) is 6.54 Å². The van der Waals surface area contributed by atoms with Crippen LogP contribution in [0.1, 0.15) is 20.9 Å². The maximum absolute atomic E-state index is 12.6. The molecule has 0 atom stereocenters. The molecular weight excluding hydrogens is 298 g/mol. The number of nitrogens with zero attached hydrogens (tertiary/aromatic N) is 3. The highest BCUT2D eigenvalue weighted by atomic mass is 32.1. The molecule has 6 heteroatoms. The maximum atomic E-state index is 12.6. The number of hydrogen-bond acceptors (Lipinski definition) is 4. The maximum Gasteiger partial charge on any atom is 0.274 e. The van der Waals surface area contributed by atoms with Crippen molar-refractivity contribution in [1.82, 2.24) is 14.3 Å². The van der Waals surface area contributed by atoms with Crippen molar-refractivity contribution >= 4 is 22.2 Å². The van der Waals surface area contributed by atoms with E-state index in [0.717, 1.165) is 15.4 Å². The van der Waals surface area contributed by atoms with Crippen molar-refractivity contribution in [1.29, 1.82) is 0 Å². The van der Waals surface area contributed by atoms with Gasteiger partial charge in [-0.05, 0) is 12.5 Å². The van der Waals surface area contributed by atoms with Crippen LogP contribution in [0.4, 0.5) is 0 Å². The minimum Gasteiger partial charge on any atom is -0.395 e. The fraction of sp³-hybridized carbons (Fsp3) is 0.250. The Balaban J connectivity index is 1.83. The number of aliphatic hydroxyl groups is 1. The topological polar surface area (TPSA) is 57.8 Å². The number of fused-ring (bicyclic) bond motifs is 1. The molecule has 1 N–H and O–H groups in total. The van der Waals surface area contributed by atoms with Gasteiger partial charge in [-0.2, -0.15) is 0 Å². The minimum atomic E-state index is -0.161. The van der Waals surface area contributed by atoms with Gasteiger partial charge in [-0.3, -0.25) is 9.20 Å². The van der Waals surface area contributed by atoms with Crippen LogP contribution in [0, 0.1) is 6.92 Å². The predicted octanol–water partition coefficient (Wildman–Crippen LogP) is 2.34. The number of amides is 1. The number of thiazole rings is 1. The van der Waals surface area contributed by atoms with Crippen LogP contribution in [0.15, 0.2) is 42.7 Å². The Morgan fingerprint density at radius 2 is 2.09 bits per heavy atom. The number of carbonyl (C=O) groups excluding carboxylic acids is 1. The van der Waals surface area contributed by atoms with E-state index in [1.165, 1.54) is 0 Å². The van der Waals surface area contributed by atoms with Crippen molar-refractivity contribution in [2.75, 3.05) is 13.2 Å². The van der Waals surface area contributed by atoms with Crippen LogP contribution in [-0.4, -0.2) is 38.4 Å². The molecule has 0 aliphatic rings. The van der Waals surface area contributed by atoms with Crippen molar-refractivity contribution in [3.8, 4) is 0 Å². The summed E-state index contributed by atoms with van der Waals surface area (Å²) in [6.07, 6.45) is 3.70. The van der Waals surface area contributed by atoms with E-state index in [9.17, 15) is 9.90 Å². The summed E-state index contributed by atoms with van der Waals surface area (Å²) in [7, 11) is 0. The zero-order valence-corrected chi connectivity index (χ0v) is 13.1. The Morgan fingerprint density at radius 1 is 1.32 bits per heavy atom. The molecule has 0 spiro atoms. The Morgan fingerprint density at radius 3 is 2.77 bits per heavy atom. The summed E-state index contributed by atoms with van der Waals surface area (Å²) < 4.78 is 1.87. The SMILES string of the molecule is Cc1cn2cc(C(=O)N(CCO)Cc3ccccc3)nc2s1. The molecule has 0 saturated carbocycles. The van der Waals surface area contributed by atoms with Gasteiger partial charge in [0.1, 0.15) is 5.69 Å². The van der Waals surface area contributed by atoms with Crippen LogP contribution >= 0.6 is 11.3 Å². The lowest BCUT2D eigenvalue weighted by Crippen LogP contribution is -2.33. The molecule has 5 nitrogen and oxygen atoms in total. The predicted molar refractivity (Wildman–Crippen MR) is 86.1 cm³/mol. The van der Waals surface area contributed by atoms with Crippen LogP contribution in [0.2, 0.25) is 0 Å². The van der Waals surface area contributed by atoms with Gasteiger partial charge in [0.2, 0.25) is 0 Å². The van der Waals surface area contributed by atoms with Gasteiger partial charge >= 0.3 is 0 Å². The van der Waals surface area contributed by atoms with Crippen molar-refractivity contribution in [3.05, 3.63) is 58.9 Å². The third-order valence-electron chi connectivity index (χ3n) is 3.36. The molecule has 0 unspecified atom stereocenters.